The summed E-state index contributed by atoms with van der Waals surface area (Å²) in [6.45, 7) is 1.94. The molecule has 6 heteroatoms. The summed E-state index contributed by atoms with van der Waals surface area (Å²) in [5.74, 6) is 1.70. The molecule has 2 N–H and O–H groups in total. The Labute approximate surface area is 121 Å². The number of pyridine rings is 1. The molecule has 0 saturated carbocycles. The van der Waals surface area contributed by atoms with E-state index in [4.69, 9.17) is 5.73 Å². The number of hydrogen-bond donors (Lipinski definition) is 1. The van der Waals surface area contributed by atoms with Gasteiger partial charge in [-0.15, -0.1) is 10.2 Å². The van der Waals surface area contributed by atoms with Gasteiger partial charge in [-0.25, -0.2) is 0 Å². The Morgan fingerprint density at radius 2 is 2.10 bits per heavy atom. The molecule has 3 rings (SSSR count). The second-order valence-corrected chi connectivity index (χ2v) is 5.53. The fourth-order valence-corrected chi connectivity index (χ4v) is 2.97. The minimum Gasteiger partial charge on any atom is -0.398 e. The second kappa shape index (κ2) is 5.13. The van der Waals surface area contributed by atoms with E-state index in [0.29, 0.717) is 0 Å². The zero-order chi connectivity index (χ0) is 14.1. The summed E-state index contributed by atoms with van der Waals surface area (Å²) in [6.07, 6.45) is 1.79. The van der Waals surface area contributed by atoms with E-state index in [-0.39, 0.29) is 0 Å². The Balaban J connectivity index is 1.92. The molecule has 0 aliphatic carbocycles. The smallest absolute Gasteiger partial charge is 0.191 e. The van der Waals surface area contributed by atoms with Crippen molar-refractivity contribution < 1.29 is 0 Å². The van der Waals surface area contributed by atoms with Crippen LogP contribution >= 0.6 is 11.8 Å². The number of nitrogens with two attached hydrogens (primary N) is 1. The third kappa shape index (κ3) is 2.22. The third-order valence-corrected chi connectivity index (χ3v) is 4.37. The maximum Gasteiger partial charge on any atom is 0.191 e. The maximum atomic E-state index is 5.99. The molecule has 2 aromatic heterocycles. The lowest BCUT2D eigenvalue weighted by atomic mass is 10.1. The largest absolute Gasteiger partial charge is 0.398 e. The molecule has 0 atom stereocenters. The highest BCUT2D eigenvalue weighted by Crippen LogP contribution is 2.28. The van der Waals surface area contributed by atoms with Crippen molar-refractivity contribution in [1.29, 1.82) is 0 Å². The summed E-state index contributed by atoms with van der Waals surface area (Å²) >= 11 is 1.65. The molecule has 1 aromatic carbocycles. The molecule has 0 spiro atoms. The van der Waals surface area contributed by atoms with Crippen molar-refractivity contribution in [2.45, 2.75) is 17.8 Å². The average Bonchev–Trinajstić information content (AvgIpc) is 2.79. The third-order valence-electron chi connectivity index (χ3n) is 3.30. The maximum absolute atomic E-state index is 5.99. The lowest BCUT2D eigenvalue weighted by Gasteiger charge is -2.07. The van der Waals surface area contributed by atoms with E-state index in [9.17, 15) is 0 Å². The fraction of sp³-hybridized carbons (Fsp3) is 0.214. The van der Waals surface area contributed by atoms with Gasteiger partial charge in [0, 0.05) is 30.1 Å². The second-order valence-electron chi connectivity index (χ2n) is 4.59. The fourth-order valence-electron chi connectivity index (χ4n) is 2.03. The summed E-state index contributed by atoms with van der Waals surface area (Å²) in [5.41, 5.74) is 8.86. The van der Waals surface area contributed by atoms with Gasteiger partial charge in [0.15, 0.2) is 5.16 Å². The van der Waals surface area contributed by atoms with Gasteiger partial charge in [-0.05, 0) is 30.7 Å². The Morgan fingerprint density at radius 1 is 1.25 bits per heavy atom. The summed E-state index contributed by atoms with van der Waals surface area (Å²) in [6, 6.07) is 7.86. The number of thioether (sulfide) groups is 1. The summed E-state index contributed by atoms with van der Waals surface area (Å²) < 4.78 is 1.98. The van der Waals surface area contributed by atoms with Crippen LogP contribution in [0.1, 0.15) is 11.4 Å². The molecule has 102 valence electrons. The zero-order valence-corrected chi connectivity index (χ0v) is 12.2. The number of nitrogens with zero attached hydrogens (tertiary/aromatic N) is 4. The van der Waals surface area contributed by atoms with Crippen LogP contribution in [0.15, 0.2) is 35.6 Å². The van der Waals surface area contributed by atoms with Gasteiger partial charge in [0.2, 0.25) is 0 Å². The van der Waals surface area contributed by atoms with Crippen LogP contribution in [0.2, 0.25) is 0 Å². The summed E-state index contributed by atoms with van der Waals surface area (Å²) in [5, 5.41) is 10.1. The highest BCUT2D eigenvalue weighted by molar-refractivity contribution is 7.98. The molecule has 20 heavy (non-hydrogen) atoms. The molecular weight excluding hydrogens is 270 g/mol. The summed E-state index contributed by atoms with van der Waals surface area (Å²) in [4.78, 5) is 4.45. The number of aromatic nitrogens is 4. The Hall–Kier alpha value is -2.08. The SMILES string of the molecule is Cc1nnc(SCc2ccc(N)c3cccnc23)n1C. The molecule has 0 bridgehead atoms. The van der Waals surface area contributed by atoms with Crippen molar-refractivity contribution in [3.8, 4) is 0 Å². The number of nitrogen functional groups attached to an aromatic ring is 1. The van der Waals surface area contributed by atoms with Crippen molar-refractivity contribution in [3.05, 3.63) is 41.9 Å². The lowest BCUT2D eigenvalue weighted by molar-refractivity contribution is 0.765. The first-order chi connectivity index (χ1) is 9.66. The minimum atomic E-state index is 0.761. The standard InChI is InChI=1S/C14H15N5S/c1-9-17-18-14(19(9)2)20-8-10-5-6-12(15)11-4-3-7-16-13(10)11/h3-7H,8,15H2,1-2H3. The predicted octanol–water partition coefficient (Wildman–Crippen LogP) is 2.55. The van der Waals surface area contributed by atoms with Gasteiger partial charge in [0.05, 0.1) is 5.52 Å². The summed E-state index contributed by atoms with van der Waals surface area (Å²) in [7, 11) is 1.97. The van der Waals surface area contributed by atoms with E-state index in [1.165, 1.54) is 0 Å². The van der Waals surface area contributed by atoms with Crippen LogP contribution in [-0.2, 0) is 12.8 Å². The van der Waals surface area contributed by atoms with Gasteiger partial charge >= 0.3 is 0 Å². The van der Waals surface area contributed by atoms with Crippen molar-refractivity contribution >= 4 is 28.4 Å². The number of fused-ring (bicyclic) bond motifs is 1. The van der Waals surface area contributed by atoms with Gasteiger partial charge in [-0.3, -0.25) is 4.98 Å². The van der Waals surface area contributed by atoms with Gasteiger partial charge < -0.3 is 10.3 Å². The van der Waals surface area contributed by atoms with Gasteiger partial charge in [0.1, 0.15) is 5.82 Å². The molecular formula is C14H15N5S. The Morgan fingerprint density at radius 3 is 2.85 bits per heavy atom. The molecule has 5 nitrogen and oxygen atoms in total. The molecule has 3 aromatic rings. The van der Waals surface area contributed by atoms with Crippen LogP contribution in [0.5, 0.6) is 0 Å². The van der Waals surface area contributed by atoms with Crippen LogP contribution in [-0.4, -0.2) is 19.7 Å². The molecule has 0 aliphatic heterocycles. The average molecular weight is 285 g/mol. The lowest BCUT2D eigenvalue weighted by Crippen LogP contribution is -1.95. The van der Waals surface area contributed by atoms with E-state index < -0.39 is 0 Å². The first kappa shape index (κ1) is 12.9. The first-order valence-corrected chi connectivity index (χ1v) is 7.26. The van der Waals surface area contributed by atoms with Crippen molar-refractivity contribution in [3.63, 3.8) is 0 Å². The molecule has 0 amide bonds. The van der Waals surface area contributed by atoms with Gasteiger partial charge in [-0.1, -0.05) is 17.8 Å². The van der Waals surface area contributed by atoms with E-state index in [1.807, 2.05) is 42.8 Å². The molecule has 2 heterocycles. The van der Waals surface area contributed by atoms with Crippen LogP contribution in [0, 0.1) is 6.92 Å². The van der Waals surface area contributed by atoms with Crippen LogP contribution in [0.25, 0.3) is 10.9 Å². The first-order valence-electron chi connectivity index (χ1n) is 6.27. The number of benzene rings is 1. The number of hydrogen-bond acceptors (Lipinski definition) is 5. The molecule has 0 aliphatic rings. The van der Waals surface area contributed by atoms with Crippen molar-refractivity contribution in [1.82, 2.24) is 19.7 Å². The van der Waals surface area contributed by atoms with E-state index in [0.717, 1.165) is 38.9 Å². The Kier molecular flexibility index (Phi) is 3.31. The van der Waals surface area contributed by atoms with E-state index >= 15 is 0 Å². The van der Waals surface area contributed by atoms with Gasteiger partial charge in [0.25, 0.3) is 0 Å². The molecule has 0 unspecified atom stereocenters. The molecule has 0 radical (unpaired) electrons. The topological polar surface area (TPSA) is 69.6 Å². The number of aryl methyl sites for hydroxylation is 1. The van der Waals surface area contributed by atoms with Crippen LogP contribution in [0.4, 0.5) is 5.69 Å². The highest BCUT2D eigenvalue weighted by atomic mass is 32.2. The normalized spacial score (nSPS) is 11.1. The molecule has 0 fully saturated rings. The zero-order valence-electron chi connectivity index (χ0n) is 11.4. The van der Waals surface area contributed by atoms with Crippen molar-refractivity contribution in [2.24, 2.45) is 7.05 Å². The molecule has 0 saturated heterocycles. The number of anilines is 1. The predicted molar refractivity (Wildman–Crippen MR) is 81.5 cm³/mol. The van der Waals surface area contributed by atoms with Crippen molar-refractivity contribution in [2.75, 3.05) is 5.73 Å². The van der Waals surface area contributed by atoms with E-state index in [1.54, 1.807) is 18.0 Å². The van der Waals surface area contributed by atoms with Crippen LogP contribution in [0.3, 0.4) is 0 Å². The number of rotatable bonds is 3. The van der Waals surface area contributed by atoms with E-state index in [2.05, 4.69) is 15.2 Å². The van der Waals surface area contributed by atoms with Gasteiger partial charge in [-0.2, -0.15) is 0 Å². The Bertz CT molecular complexity index is 765. The quantitative estimate of drug-likeness (QED) is 0.591. The minimum absolute atomic E-state index is 0.761. The highest BCUT2D eigenvalue weighted by Gasteiger charge is 2.09. The van der Waals surface area contributed by atoms with Crippen LogP contribution < -0.4 is 5.73 Å². The monoisotopic (exact) mass is 285 g/mol.